The number of hydrogen-bond donors (Lipinski definition) is 1. The van der Waals surface area contributed by atoms with Gasteiger partial charge in [-0.05, 0) is 48.0 Å². The predicted octanol–water partition coefficient (Wildman–Crippen LogP) is 4.39. The number of benzene rings is 3. The Morgan fingerprint density at radius 2 is 1.66 bits per heavy atom. The van der Waals surface area contributed by atoms with Crippen molar-refractivity contribution in [2.45, 2.75) is 4.90 Å². The smallest absolute Gasteiger partial charge is 0.339 e. The Bertz CT molecular complexity index is 1300. The second kappa shape index (κ2) is 7.62. The fourth-order valence-electron chi connectivity index (χ4n) is 2.78. The summed E-state index contributed by atoms with van der Waals surface area (Å²) in [6.07, 6.45) is 1.67. The molecule has 0 amide bonds. The van der Waals surface area contributed by atoms with Gasteiger partial charge in [-0.3, -0.25) is 0 Å². The molecule has 29 heavy (non-hydrogen) atoms. The van der Waals surface area contributed by atoms with Crippen molar-refractivity contribution in [3.05, 3.63) is 90.3 Å². The van der Waals surface area contributed by atoms with Gasteiger partial charge in [0.1, 0.15) is 22.5 Å². The van der Waals surface area contributed by atoms with Gasteiger partial charge in [0.25, 0.3) is 0 Å². The second-order valence-corrected chi connectivity index (χ2v) is 7.74. The average Bonchev–Trinajstić information content (AvgIpc) is 3.17. The van der Waals surface area contributed by atoms with Crippen LogP contribution in [-0.4, -0.2) is 18.4 Å². The van der Waals surface area contributed by atoms with Crippen molar-refractivity contribution in [3.63, 3.8) is 0 Å². The summed E-state index contributed by atoms with van der Waals surface area (Å²) in [5.74, 6) is 0.661. The number of nitrogens with zero attached hydrogens (tertiary/aromatic N) is 2. The van der Waals surface area contributed by atoms with Crippen molar-refractivity contribution in [1.82, 2.24) is 9.97 Å². The molecule has 0 aliphatic heterocycles. The highest BCUT2D eigenvalue weighted by Gasteiger charge is 2.15. The molecule has 0 atom stereocenters. The predicted molar refractivity (Wildman–Crippen MR) is 110 cm³/mol. The van der Waals surface area contributed by atoms with Gasteiger partial charge in [0, 0.05) is 0 Å². The minimum absolute atomic E-state index is 0.0839. The quantitative estimate of drug-likeness (QED) is 0.395. The Labute approximate surface area is 167 Å². The number of aromatic amines is 1. The SMILES string of the molecule is N#C/C(=C\c1ccc(OS(=O)(=O)c2ccccc2)cc1)c1nc2ccccc2[nH]1. The number of imidazole rings is 1. The summed E-state index contributed by atoms with van der Waals surface area (Å²) < 4.78 is 29.7. The van der Waals surface area contributed by atoms with Crippen molar-refractivity contribution in [2.75, 3.05) is 0 Å². The van der Waals surface area contributed by atoms with Gasteiger partial charge in [0.15, 0.2) is 0 Å². The highest BCUT2D eigenvalue weighted by atomic mass is 32.2. The molecule has 0 unspecified atom stereocenters. The molecule has 0 saturated carbocycles. The van der Waals surface area contributed by atoms with E-state index in [1.165, 1.54) is 12.1 Å². The van der Waals surface area contributed by atoms with Crippen LogP contribution in [0.25, 0.3) is 22.7 Å². The van der Waals surface area contributed by atoms with E-state index in [1.54, 1.807) is 48.5 Å². The molecule has 0 bridgehead atoms. The van der Waals surface area contributed by atoms with Gasteiger partial charge in [-0.15, -0.1) is 0 Å². The van der Waals surface area contributed by atoms with E-state index in [0.29, 0.717) is 17.0 Å². The number of aromatic nitrogens is 2. The minimum atomic E-state index is -3.89. The second-order valence-electron chi connectivity index (χ2n) is 6.19. The van der Waals surface area contributed by atoms with Crippen LogP contribution in [0.1, 0.15) is 11.4 Å². The lowest BCUT2D eigenvalue weighted by Gasteiger charge is -2.07. The molecule has 1 heterocycles. The largest absolute Gasteiger partial charge is 0.379 e. The first kappa shape index (κ1) is 18.5. The Balaban J connectivity index is 1.57. The zero-order chi connectivity index (χ0) is 20.3. The first-order chi connectivity index (χ1) is 14.0. The highest BCUT2D eigenvalue weighted by Crippen LogP contribution is 2.22. The third-order valence-corrected chi connectivity index (χ3v) is 5.46. The van der Waals surface area contributed by atoms with Gasteiger partial charge in [-0.1, -0.05) is 42.5 Å². The standard InChI is InChI=1S/C22H15N3O3S/c23-15-17(22-24-20-8-4-5-9-21(20)25-22)14-16-10-12-18(13-11-16)28-29(26,27)19-6-2-1-3-7-19/h1-14H,(H,24,25)/b17-14+. The first-order valence-electron chi connectivity index (χ1n) is 8.72. The molecule has 0 saturated heterocycles. The summed E-state index contributed by atoms with van der Waals surface area (Å²) in [6.45, 7) is 0. The van der Waals surface area contributed by atoms with Crippen LogP contribution >= 0.6 is 0 Å². The maximum absolute atomic E-state index is 12.3. The van der Waals surface area contributed by atoms with E-state index in [9.17, 15) is 13.7 Å². The molecular weight excluding hydrogens is 386 g/mol. The lowest BCUT2D eigenvalue weighted by atomic mass is 10.1. The van der Waals surface area contributed by atoms with E-state index in [1.807, 2.05) is 24.3 Å². The normalized spacial score (nSPS) is 11.9. The van der Waals surface area contributed by atoms with Crippen LogP contribution in [0, 0.1) is 11.3 Å². The van der Waals surface area contributed by atoms with Crippen LogP contribution in [0.15, 0.2) is 83.8 Å². The molecule has 3 aromatic carbocycles. The Kier molecular flexibility index (Phi) is 4.85. The van der Waals surface area contributed by atoms with Crippen LogP contribution in [0.3, 0.4) is 0 Å². The topological polar surface area (TPSA) is 95.8 Å². The van der Waals surface area contributed by atoms with E-state index in [4.69, 9.17) is 4.18 Å². The zero-order valence-corrected chi connectivity index (χ0v) is 15.9. The first-order valence-corrected chi connectivity index (χ1v) is 10.1. The molecule has 6 nitrogen and oxygen atoms in total. The van der Waals surface area contributed by atoms with Gasteiger partial charge >= 0.3 is 10.1 Å². The van der Waals surface area contributed by atoms with Crippen molar-refractivity contribution in [3.8, 4) is 11.8 Å². The summed E-state index contributed by atoms with van der Waals surface area (Å²) in [4.78, 5) is 7.63. The summed E-state index contributed by atoms with van der Waals surface area (Å²) in [6, 6.07) is 24.0. The molecule has 0 fully saturated rings. The molecular formula is C22H15N3O3S. The number of para-hydroxylation sites is 2. The van der Waals surface area contributed by atoms with Crippen molar-refractivity contribution < 1.29 is 12.6 Å². The van der Waals surface area contributed by atoms with Gasteiger partial charge < -0.3 is 9.17 Å². The lowest BCUT2D eigenvalue weighted by molar-refractivity contribution is 0.486. The van der Waals surface area contributed by atoms with E-state index >= 15 is 0 Å². The number of hydrogen-bond acceptors (Lipinski definition) is 5. The Hall–Kier alpha value is -3.89. The zero-order valence-electron chi connectivity index (χ0n) is 15.1. The number of nitriles is 1. The van der Waals surface area contributed by atoms with E-state index < -0.39 is 10.1 Å². The van der Waals surface area contributed by atoms with Gasteiger partial charge in [-0.25, -0.2) is 4.98 Å². The van der Waals surface area contributed by atoms with Crippen LogP contribution in [-0.2, 0) is 10.1 Å². The van der Waals surface area contributed by atoms with Gasteiger partial charge in [-0.2, -0.15) is 13.7 Å². The minimum Gasteiger partial charge on any atom is -0.379 e. The van der Waals surface area contributed by atoms with Crippen LogP contribution in [0.4, 0.5) is 0 Å². The van der Waals surface area contributed by atoms with Gasteiger partial charge in [0.05, 0.1) is 16.6 Å². The van der Waals surface area contributed by atoms with Crippen molar-refractivity contribution in [1.29, 1.82) is 5.26 Å². The molecule has 4 aromatic rings. The van der Waals surface area contributed by atoms with Crippen molar-refractivity contribution >= 4 is 32.8 Å². The van der Waals surface area contributed by atoms with Crippen molar-refractivity contribution in [2.24, 2.45) is 0 Å². The number of H-pyrrole nitrogens is 1. The molecule has 1 aromatic heterocycles. The molecule has 7 heteroatoms. The van der Waals surface area contributed by atoms with Crippen LogP contribution in [0.5, 0.6) is 5.75 Å². The van der Waals surface area contributed by atoms with E-state index in [0.717, 1.165) is 11.0 Å². The molecule has 0 radical (unpaired) electrons. The fourth-order valence-corrected chi connectivity index (χ4v) is 3.73. The molecule has 142 valence electrons. The van der Waals surface area contributed by atoms with E-state index in [-0.39, 0.29) is 10.6 Å². The maximum atomic E-state index is 12.3. The number of fused-ring (bicyclic) bond motifs is 1. The molecule has 4 rings (SSSR count). The summed E-state index contributed by atoms with van der Waals surface area (Å²) in [7, 11) is -3.89. The fraction of sp³-hybridized carbons (Fsp3) is 0. The summed E-state index contributed by atoms with van der Waals surface area (Å²) in [5, 5.41) is 9.52. The van der Waals surface area contributed by atoms with Crippen LogP contribution < -0.4 is 4.18 Å². The van der Waals surface area contributed by atoms with Gasteiger partial charge in [0.2, 0.25) is 0 Å². The third kappa shape index (κ3) is 4.03. The Morgan fingerprint density at radius 1 is 0.966 bits per heavy atom. The third-order valence-electron chi connectivity index (χ3n) is 4.19. The molecule has 0 aliphatic carbocycles. The monoisotopic (exact) mass is 401 g/mol. The molecule has 0 aliphatic rings. The van der Waals surface area contributed by atoms with E-state index in [2.05, 4.69) is 16.0 Å². The number of allylic oxidation sites excluding steroid dienone is 1. The molecule has 0 spiro atoms. The Morgan fingerprint density at radius 3 is 2.34 bits per heavy atom. The summed E-state index contributed by atoms with van der Waals surface area (Å²) in [5.41, 5.74) is 2.70. The average molecular weight is 401 g/mol. The number of rotatable bonds is 5. The lowest BCUT2D eigenvalue weighted by Crippen LogP contribution is -2.09. The highest BCUT2D eigenvalue weighted by molar-refractivity contribution is 7.87. The molecule has 1 N–H and O–H groups in total. The number of nitrogens with one attached hydrogen (secondary N) is 1. The maximum Gasteiger partial charge on any atom is 0.339 e. The van der Waals surface area contributed by atoms with Crippen LogP contribution in [0.2, 0.25) is 0 Å². The summed E-state index contributed by atoms with van der Waals surface area (Å²) >= 11 is 0.